The van der Waals surface area contributed by atoms with Crippen LogP contribution in [0, 0.1) is 23.0 Å². The number of nitrogens with zero attached hydrogens (tertiary/aromatic N) is 5. The molecule has 0 atom stereocenters. The third kappa shape index (κ3) is 5.70. The van der Waals surface area contributed by atoms with Gasteiger partial charge >= 0.3 is 6.09 Å². The van der Waals surface area contributed by atoms with E-state index in [2.05, 4.69) is 6.07 Å². The van der Waals surface area contributed by atoms with Crippen LogP contribution in [0.25, 0.3) is 22.2 Å². The van der Waals surface area contributed by atoms with Crippen LogP contribution in [-0.2, 0) is 11.2 Å². The van der Waals surface area contributed by atoms with Gasteiger partial charge < -0.3 is 23.9 Å². The summed E-state index contributed by atoms with van der Waals surface area (Å²) in [6.45, 7) is 9.37. The SMILES string of the molecule is CCc1oc2c(F)cc(N3CCN(C(=O)OC(C)(C)C)CC3)cc2c1N(C)c1nc(-c2ccc(F)cc2)c(C#N)s1. The van der Waals surface area contributed by atoms with E-state index in [0.29, 0.717) is 76.4 Å². The van der Waals surface area contributed by atoms with Crippen molar-refractivity contribution < 1.29 is 22.7 Å². The molecule has 0 spiro atoms. The molecular weight excluding hydrogens is 548 g/mol. The first-order chi connectivity index (χ1) is 19.5. The molecule has 0 saturated carbocycles. The molecule has 0 radical (unpaired) electrons. The van der Waals surface area contributed by atoms with Gasteiger partial charge in [-0.15, -0.1) is 0 Å². The molecule has 1 aliphatic rings. The molecule has 3 heterocycles. The van der Waals surface area contributed by atoms with Gasteiger partial charge in [0.15, 0.2) is 16.5 Å². The highest BCUT2D eigenvalue weighted by Crippen LogP contribution is 2.43. The number of carbonyl (C=O) groups excluding carboxylic acids is 1. The van der Waals surface area contributed by atoms with Gasteiger partial charge in [-0.2, -0.15) is 5.26 Å². The lowest BCUT2D eigenvalue weighted by Gasteiger charge is -2.36. The first-order valence-electron chi connectivity index (χ1n) is 13.4. The average molecular weight is 580 g/mol. The second-order valence-electron chi connectivity index (χ2n) is 10.8. The number of ether oxygens (including phenoxy) is 1. The Morgan fingerprint density at radius 3 is 2.46 bits per heavy atom. The van der Waals surface area contributed by atoms with Crippen LogP contribution in [0.2, 0.25) is 0 Å². The van der Waals surface area contributed by atoms with E-state index in [1.54, 1.807) is 17.0 Å². The van der Waals surface area contributed by atoms with E-state index in [1.165, 1.54) is 29.5 Å². The number of aryl methyl sites for hydroxylation is 1. The molecule has 1 fully saturated rings. The summed E-state index contributed by atoms with van der Waals surface area (Å²) in [7, 11) is 1.81. The summed E-state index contributed by atoms with van der Waals surface area (Å²) >= 11 is 1.20. The van der Waals surface area contributed by atoms with Gasteiger partial charge in [0.05, 0.1) is 5.69 Å². The Labute approximate surface area is 241 Å². The van der Waals surface area contributed by atoms with Crippen LogP contribution in [0.5, 0.6) is 0 Å². The number of halogens is 2. The maximum absolute atomic E-state index is 15.5. The van der Waals surface area contributed by atoms with Crippen molar-refractivity contribution in [3.8, 4) is 17.3 Å². The van der Waals surface area contributed by atoms with E-state index in [0.717, 1.165) is 0 Å². The average Bonchev–Trinajstić information content (AvgIpc) is 3.54. The first kappa shape index (κ1) is 28.4. The Balaban J connectivity index is 1.47. The van der Waals surface area contributed by atoms with Gasteiger partial charge in [-0.1, -0.05) is 18.3 Å². The van der Waals surface area contributed by atoms with Gasteiger partial charge in [-0.05, 0) is 51.1 Å². The van der Waals surface area contributed by atoms with Crippen molar-refractivity contribution in [1.82, 2.24) is 9.88 Å². The van der Waals surface area contributed by atoms with Crippen LogP contribution < -0.4 is 9.80 Å². The Bertz CT molecular complexity index is 1630. The molecule has 8 nitrogen and oxygen atoms in total. The summed E-state index contributed by atoms with van der Waals surface area (Å²) in [6.07, 6.45) is 0.157. The number of rotatable bonds is 5. The molecule has 0 bridgehead atoms. The van der Waals surface area contributed by atoms with Crippen LogP contribution in [0.15, 0.2) is 40.8 Å². The molecule has 2 aromatic carbocycles. The monoisotopic (exact) mass is 579 g/mol. The predicted octanol–water partition coefficient (Wildman–Crippen LogP) is 7.09. The first-order valence-corrected chi connectivity index (χ1v) is 14.2. The third-order valence-electron chi connectivity index (χ3n) is 6.85. The number of amides is 1. The van der Waals surface area contributed by atoms with Gasteiger partial charge in [0.1, 0.15) is 33.8 Å². The van der Waals surface area contributed by atoms with Crippen molar-refractivity contribution in [1.29, 1.82) is 5.26 Å². The molecular formula is C30H31F2N5O3S. The number of aromatic nitrogens is 1. The minimum absolute atomic E-state index is 0.149. The van der Waals surface area contributed by atoms with E-state index in [4.69, 9.17) is 14.1 Å². The second-order valence-corrected chi connectivity index (χ2v) is 11.8. The van der Waals surface area contributed by atoms with E-state index in [-0.39, 0.29) is 17.5 Å². The summed E-state index contributed by atoms with van der Waals surface area (Å²) in [5.41, 5.74) is 2.01. The van der Waals surface area contributed by atoms with Gasteiger partial charge in [-0.25, -0.2) is 18.6 Å². The summed E-state index contributed by atoms with van der Waals surface area (Å²) in [4.78, 5) is 23.1. The van der Waals surface area contributed by atoms with Crippen molar-refractivity contribution in [3.05, 3.63) is 58.7 Å². The quantitative estimate of drug-likeness (QED) is 0.249. The Hall–Kier alpha value is -4.17. The van der Waals surface area contributed by atoms with Crippen LogP contribution in [-0.4, -0.2) is 54.8 Å². The number of thiazole rings is 1. The van der Waals surface area contributed by atoms with Crippen LogP contribution in [0.1, 0.15) is 38.3 Å². The van der Waals surface area contributed by atoms with Crippen LogP contribution >= 0.6 is 11.3 Å². The molecule has 0 N–H and O–H groups in total. The van der Waals surface area contributed by atoms with E-state index >= 15 is 4.39 Å². The second kappa shape index (κ2) is 11.0. The highest BCUT2D eigenvalue weighted by atomic mass is 32.1. The minimum atomic E-state index is -0.575. The van der Waals surface area contributed by atoms with Crippen molar-refractivity contribution in [2.75, 3.05) is 43.0 Å². The third-order valence-corrected chi connectivity index (χ3v) is 7.88. The molecule has 1 aliphatic heterocycles. The van der Waals surface area contributed by atoms with E-state index < -0.39 is 11.4 Å². The molecule has 1 saturated heterocycles. The van der Waals surface area contributed by atoms with Crippen molar-refractivity contribution in [3.63, 3.8) is 0 Å². The number of piperazine rings is 1. The summed E-state index contributed by atoms with van der Waals surface area (Å²) in [6, 6.07) is 11.4. The zero-order chi connectivity index (χ0) is 29.5. The van der Waals surface area contributed by atoms with Crippen molar-refractivity contribution in [2.45, 2.75) is 39.7 Å². The maximum atomic E-state index is 15.5. The zero-order valence-corrected chi connectivity index (χ0v) is 24.4. The van der Waals surface area contributed by atoms with Gasteiger partial charge in [0, 0.05) is 62.4 Å². The molecule has 5 rings (SSSR count). The summed E-state index contributed by atoms with van der Waals surface area (Å²) < 4.78 is 40.4. The molecule has 214 valence electrons. The van der Waals surface area contributed by atoms with Crippen LogP contribution in [0.4, 0.5) is 30.1 Å². The lowest BCUT2D eigenvalue weighted by molar-refractivity contribution is 0.0240. The highest BCUT2D eigenvalue weighted by molar-refractivity contribution is 7.16. The lowest BCUT2D eigenvalue weighted by atomic mass is 10.1. The van der Waals surface area contributed by atoms with Crippen LogP contribution in [0.3, 0.4) is 0 Å². The van der Waals surface area contributed by atoms with Crippen molar-refractivity contribution in [2.24, 2.45) is 0 Å². The maximum Gasteiger partial charge on any atom is 0.410 e. The van der Waals surface area contributed by atoms with Gasteiger partial charge in [0.2, 0.25) is 0 Å². The summed E-state index contributed by atoms with van der Waals surface area (Å²) in [5, 5.41) is 10.9. The minimum Gasteiger partial charge on any atom is -0.456 e. The smallest absolute Gasteiger partial charge is 0.410 e. The Kier molecular flexibility index (Phi) is 7.62. The molecule has 11 heteroatoms. The lowest BCUT2D eigenvalue weighted by Crippen LogP contribution is -2.50. The van der Waals surface area contributed by atoms with Crippen molar-refractivity contribution >= 4 is 44.9 Å². The standard InChI is InChI=1S/C30H31F2N5O3S/c1-6-23-26(35(5)28-34-25(24(17-33)41-28)18-7-9-19(31)10-8-18)21-15-20(16-22(32)27(21)39-23)36-11-13-37(14-12-36)29(38)40-30(2,3)4/h7-10,15-16H,6,11-14H2,1-5H3. The normalized spacial score (nSPS) is 13.9. The zero-order valence-electron chi connectivity index (χ0n) is 23.6. The number of furan rings is 1. The number of hydrogen-bond donors (Lipinski definition) is 0. The molecule has 1 amide bonds. The molecule has 0 unspecified atom stereocenters. The molecule has 0 aliphatic carbocycles. The number of carbonyl (C=O) groups is 1. The Morgan fingerprint density at radius 1 is 1.17 bits per heavy atom. The fourth-order valence-corrected chi connectivity index (χ4v) is 5.72. The van der Waals surface area contributed by atoms with Gasteiger partial charge in [-0.3, -0.25) is 0 Å². The molecule has 41 heavy (non-hydrogen) atoms. The topological polar surface area (TPSA) is 85.8 Å². The fraction of sp³-hybridized carbons (Fsp3) is 0.367. The summed E-state index contributed by atoms with van der Waals surface area (Å²) in [5.74, 6) is -0.267. The highest BCUT2D eigenvalue weighted by Gasteiger charge is 2.28. The Morgan fingerprint density at radius 2 is 1.85 bits per heavy atom. The fourth-order valence-electron chi connectivity index (χ4n) is 4.87. The van der Waals surface area contributed by atoms with E-state index in [1.807, 2.05) is 50.6 Å². The number of benzene rings is 2. The number of nitriles is 1. The predicted molar refractivity (Wildman–Crippen MR) is 156 cm³/mol. The van der Waals surface area contributed by atoms with Gasteiger partial charge in [0.25, 0.3) is 0 Å². The molecule has 2 aromatic heterocycles. The number of hydrogen-bond acceptors (Lipinski definition) is 8. The number of anilines is 3. The van der Waals surface area contributed by atoms with E-state index in [9.17, 15) is 14.4 Å². The molecule has 4 aromatic rings. The largest absolute Gasteiger partial charge is 0.456 e. The number of fused-ring (bicyclic) bond motifs is 1.